The van der Waals surface area contributed by atoms with Gasteiger partial charge in [0.1, 0.15) is 0 Å². The van der Waals surface area contributed by atoms with Gasteiger partial charge in [-0.1, -0.05) is 18.2 Å². The minimum Gasteiger partial charge on any atom is -0.465 e. The van der Waals surface area contributed by atoms with E-state index in [4.69, 9.17) is 10.8 Å². The molecule has 3 rings (SSSR count). The fraction of sp³-hybridized carbons (Fsp3) is 0.250. The van der Waals surface area contributed by atoms with Crippen molar-refractivity contribution in [1.29, 1.82) is 0 Å². The van der Waals surface area contributed by atoms with Crippen LogP contribution in [0.5, 0.6) is 11.5 Å². The predicted octanol–water partition coefficient (Wildman–Crippen LogP) is 3.55. The van der Waals surface area contributed by atoms with Gasteiger partial charge in [-0.15, -0.1) is 0 Å². The van der Waals surface area contributed by atoms with Gasteiger partial charge in [-0.05, 0) is 29.3 Å². The molecular weight excluding hydrogens is 454 g/mol. The highest BCUT2D eigenvalue weighted by Gasteiger charge is 2.36. The molecule has 176 valence electrons. The van der Waals surface area contributed by atoms with Crippen molar-refractivity contribution in [3.05, 3.63) is 53.1 Å². The number of halogens is 4. The molecule has 33 heavy (non-hydrogen) atoms. The largest absolute Gasteiger partial charge is 0.465 e. The number of carboxylic acid groups (broad SMARTS) is 1. The highest BCUT2D eigenvalue weighted by molar-refractivity contribution is 6.06. The molecule has 0 aliphatic carbocycles. The lowest BCUT2D eigenvalue weighted by Gasteiger charge is -2.28. The van der Waals surface area contributed by atoms with Gasteiger partial charge in [0, 0.05) is 6.54 Å². The van der Waals surface area contributed by atoms with E-state index in [0.717, 1.165) is 12.1 Å². The first kappa shape index (κ1) is 23.6. The molecule has 13 heteroatoms. The Morgan fingerprint density at radius 3 is 2.36 bits per heavy atom. The van der Waals surface area contributed by atoms with Crippen molar-refractivity contribution in [2.75, 3.05) is 5.32 Å². The van der Waals surface area contributed by atoms with Crippen molar-refractivity contribution in [2.45, 2.75) is 32.2 Å². The molecule has 1 aliphatic heterocycles. The molecule has 0 aromatic heterocycles. The van der Waals surface area contributed by atoms with Crippen LogP contribution in [0.1, 0.15) is 33.9 Å². The van der Waals surface area contributed by atoms with Crippen molar-refractivity contribution >= 4 is 23.6 Å². The standard InChI is InChI=1S/C20H17F4N3O6/c21-18(22)32-13-5-4-9(6-14(13)33-19(23)24)12(7-15(25)28)27-8-10-2-1-3-11(26-20(30)31)16(10)17(27)29/h1-6,12,18-19,26H,7-8H2,(H2,25,28)(H,30,31). The Morgan fingerprint density at radius 2 is 1.76 bits per heavy atom. The average molecular weight is 471 g/mol. The van der Waals surface area contributed by atoms with Gasteiger partial charge in [-0.3, -0.25) is 14.9 Å². The maximum absolute atomic E-state index is 13.1. The van der Waals surface area contributed by atoms with Gasteiger partial charge in [0.2, 0.25) is 5.91 Å². The number of nitrogens with two attached hydrogens (primary N) is 1. The second-order valence-corrected chi connectivity index (χ2v) is 6.85. The number of ether oxygens (including phenoxy) is 2. The fourth-order valence-corrected chi connectivity index (χ4v) is 3.57. The topological polar surface area (TPSA) is 131 Å². The van der Waals surface area contributed by atoms with E-state index in [0.29, 0.717) is 5.56 Å². The number of alkyl halides is 4. The minimum absolute atomic E-state index is 0.0210. The van der Waals surface area contributed by atoms with Crippen LogP contribution in [0, 0.1) is 0 Å². The lowest BCUT2D eigenvalue weighted by atomic mass is 10.0. The molecule has 0 spiro atoms. The molecule has 2 aromatic rings. The molecule has 0 saturated carbocycles. The van der Waals surface area contributed by atoms with Crippen LogP contribution in [0.4, 0.5) is 28.0 Å². The van der Waals surface area contributed by atoms with E-state index in [1.165, 1.54) is 23.1 Å². The van der Waals surface area contributed by atoms with E-state index in [1.807, 2.05) is 0 Å². The Labute approximate surface area is 183 Å². The molecule has 1 heterocycles. The first-order chi connectivity index (χ1) is 15.6. The summed E-state index contributed by atoms with van der Waals surface area (Å²) in [5, 5.41) is 11.1. The van der Waals surface area contributed by atoms with Crippen molar-refractivity contribution in [2.24, 2.45) is 5.73 Å². The number of anilines is 1. The monoisotopic (exact) mass is 471 g/mol. The van der Waals surface area contributed by atoms with E-state index in [-0.39, 0.29) is 23.4 Å². The molecule has 3 amide bonds. The summed E-state index contributed by atoms with van der Waals surface area (Å²) in [4.78, 5) is 37.1. The first-order valence-corrected chi connectivity index (χ1v) is 9.31. The predicted molar refractivity (Wildman–Crippen MR) is 104 cm³/mol. The SMILES string of the molecule is NC(=O)CC(c1ccc(OC(F)F)c(OC(F)F)c1)N1Cc2cccc(NC(=O)O)c2C1=O. The Balaban J connectivity index is 2.02. The van der Waals surface area contributed by atoms with Gasteiger partial charge in [0.15, 0.2) is 11.5 Å². The molecule has 0 radical (unpaired) electrons. The van der Waals surface area contributed by atoms with E-state index in [9.17, 15) is 31.9 Å². The zero-order valence-corrected chi connectivity index (χ0v) is 16.6. The molecule has 2 aromatic carbocycles. The molecule has 1 unspecified atom stereocenters. The molecule has 9 nitrogen and oxygen atoms in total. The number of hydrogen-bond donors (Lipinski definition) is 3. The zero-order chi connectivity index (χ0) is 24.3. The van der Waals surface area contributed by atoms with Gasteiger partial charge in [0.25, 0.3) is 5.91 Å². The van der Waals surface area contributed by atoms with Crippen molar-refractivity contribution in [3.8, 4) is 11.5 Å². The van der Waals surface area contributed by atoms with Crippen LogP contribution in [-0.2, 0) is 11.3 Å². The second-order valence-electron chi connectivity index (χ2n) is 6.85. The van der Waals surface area contributed by atoms with Crippen molar-refractivity contribution in [3.63, 3.8) is 0 Å². The zero-order valence-electron chi connectivity index (χ0n) is 16.6. The highest BCUT2D eigenvalue weighted by Crippen LogP contribution is 2.39. The van der Waals surface area contributed by atoms with Gasteiger partial charge in [-0.2, -0.15) is 17.6 Å². The third-order valence-corrected chi connectivity index (χ3v) is 4.76. The number of amides is 3. The summed E-state index contributed by atoms with van der Waals surface area (Å²) in [6, 6.07) is 6.48. The molecule has 4 N–H and O–H groups in total. The van der Waals surface area contributed by atoms with Crippen LogP contribution in [0.2, 0.25) is 0 Å². The maximum atomic E-state index is 13.1. The number of benzene rings is 2. The molecule has 0 bridgehead atoms. The maximum Gasteiger partial charge on any atom is 0.409 e. The molecule has 1 atom stereocenters. The lowest BCUT2D eigenvalue weighted by Crippen LogP contribution is -2.32. The van der Waals surface area contributed by atoms with Crippen LogP contribution in [-0.4, -0.2) is 41.1 Å². The third-order valence-electron chi connectivity index (χ3n) is 4.76. The third kappa shape index (κ3) is 5.42. The van der Waals surface area contributed by atoms with Crippen LogP contribution >= 0.6 is 0 Å². The molecular formula is C20H17F4N3O6. The number of fused-ring (bicyclic) bond motifs is 1. The van der Waals surface area contributed by atoms with E-state index < -0.39 is 55.1 Å². The van der Waals surface area contributed by atoms with Gasteiger partial charge in [0.05, 0.1) is 23.7 Å². The van der Waals surface area contributed by atoms with E-state index in [2.05, 4.69) is 14.8 Å². The number of carbonyl (C=O) groups is 3. The van der Waals surface area contributed by atoms with Crippen molar-refractivity contribution < 1.29 is 46.5 Å². The summed E-state index contributed by atoms with van der Waals surface area (Å²) < 4.78 is 59.3. The normalized spacial score (nSPS) is 13.8. The summed E-state index contributed by atoms with van der Waals surface area (Å²) in [7, 11) is 0. The van der Waals surface area contributed by atoms with E-state index in [1.54, 1.807) is 6.07 Å². The number of carbonyl (C=O) groups excluding carboxylic acids is 2. The van der Waals surface area contributed by atoms with Gasteiger partial charge < -0.3 is 25.2 Å². The lowest BCUT2D eigenvalue weighted by molar-refractivity contribution is -0.119. The number of primary amides is 1. The number of rotatable bonds is 9. The number of hydrogen-bond acceptors (Lipinski definition) is 5. The Morgan fingerprint density at radius 1 is 1.09 bits per heavy atom. The van der Waals surface area contributed by atoms with Gasteiger partial charge >= 0.3 is 19.3 Å². The average Bonchev–Trinajstić information content (AvgIpc) is 3.03. The van der Waals surface area contributed by atoms with Crippen LogP contribution in [0.3, 0.4) is 0 Å². The number of nitrogens with zero attached hydrogens (tertiary/aromatic N) is 1. The minimum atomic E-state index is -3.36. The summed E-state index contributed by atoms with van der Waals surface area (Å²) in [5.41, 5.74) is 5.92. The molecule has 1 aliphatic rings. The second kappa shape index (κ2) is 9.63. The summed E-state index contributed by atoms with van der Waals surface area (Å²) >= 11 is 0. The van der Waals surface area contributed by atoms with Crippen LogP contribution in [0.15, 0.2) is 36.4 Å². The van der Waals surface area contributed by atoms with Crippen molar-refractivity contribution in [1.82, 2.24) is 4.90 Å². The first-order valence-electron chi connectivity index (χ1n) is 9.31. The summed E-state index contributed by atoms with van der Waals surface area (Å²) in [6.07, 6.45) is -1.84. The van der Waals surface area contributed by atoms with Crippen LogP contribution in [0.25, 0.3) is 0 Å². The molecule has 0 fully saturated rings. The van der Waals surface area contributed by atoms with Gasteiger partial charge in [-0.25, -0.2) is 4.79 Å². The number of nitrogens with one attached hydrogen (secondary N) is 1. The Hall–Kier alpha value is -4.03. The fourth-order valence-electron chi connectivity index (χ4n) is 3.57. The quantitative estimate of drug-likeness (QED) is 0.480. The Kier molecular flexibility index (Phi) is 6.89. The smallest absolute Gasteiger partial charge is 0.409 e. The van der Waals surface area contributed by atoms with Crippen LogP contribution < -0.4 is 20.5 Å². The van der Waals surface area contributed by atoms with E-state index >= 15 is 0 Å². The summed E-state index contributed by atoms with van der Waals surface area (Å²) in [6.45, 7) is -6.73. The highest BCUT2D eigenvalue weighted by atomic mass is 19.3. The Bertz CT molecular complexity index is 1080. The molecule has 0 saturated heterocycles. The summed E-state index contributed by atoms with van der Waals surface area (Å²) in [5.74, 6) is -2.88.